The van der Waals surface area contributed by atoms with Crippen molar-refractivity contribution in [3.8, 4) is 0 Å². The van der Waals surface area contributed by atoms with Crippen LogP contribution in [0.15, 0.2) is 0 Å². The molecule has 3 nitrogen and oxygen atoms in total. The minimum Gasteiger partial charge on any atom is -0.383 e. The third kappa shape index (κ3) is 3.13. The number of methoxy groups -OCH3 is 1. The third-order valence-corrected chi connectivity index (χ3v) is 1.54. The van der Waals surface area contributed by atoms with E-state index in [4.69, 9.17) is 0 Å². The molecule has 0 heterocycles. The largest absolute Gasteiger partial charge is 0.383 e. The van der Waals surface area contributed by atoms with Crippen molar-refractivity contribution < 1.29 is 27.1 Å². The molecule has 7 heteroatoms. The van der Waals surface area contributed by atoms with Gasteiger partial charge in [0.05, 0.1) is 6.61 Å². The van der Waals surface area contributed by atoms with Gasteiger partial charge >= 0.3 is 12.3 Å². The fourth-order valence-corrected chi connectivity index (χ4v) is 0.678. The van der Waals surface area contributed by atoms with E-state index in [1.54, 1.807) is 0 Å². The SMILES string of the molecule is COCCN(C)C(=O)C(F)(F)C(F)F. The molecule has 0 aromatic rings. The lowest BCUT2D eigenvalue weighted by atomic mass is 10.3. The molecule has 0 rings (SSSR count). The highest BCUT2D eigenvalue weighted by atomic mass is 19.3. The van der Waals surface area contributed by atoms with E-state index in [1.165, 1.54) is 7.11 Å². The minimum atomic E-state index is -4.62. The summed E-state index contributed by atoms with van der Waals surface area (Å²) in [6, 6.07) is 0. The molecule has 0 fully saturated rings. The van der Waals surface area contributed by atoms with Crippen LogP contribution in [0.5, 0.6) is 0 Å². The molecule has 0 unspecified atom stereocenters. The van der Waals surface area contributed by atoms with Crippen LogP contribution in [0.2, 0.25) is 0 Å². The molecular weight excluding hydrogens is 206 g/mol. The third-order valence-electron chi connectivity index (χ3n) is 1.54. The van der Waals surface area contributed by atoms with E-state index >= 15 is 0 Å². The van der Waals surface area contributed by atoms with Gasteiger partial charge in [0, 0.05) is 20.7 Å². The first-order valence-corrected chi connectivity index (χ1v) is 3.74. The number of hydrogen-bond acceptors (Lipinski definition) is 2. The maximum atomic E-state index is 12.4. The van der Waals surface area contributed by atoms with Crippen LogP contribution in [0.25, 0.3) is 0 Å². The highest BCUT2D eigenvalue weighted by molar-refractivity contribution is 5.83. The lowest BCUT2D eigenvalue weighted by Gasteiger charge is -2.22. The van der Waals surface area contributed by atoms with E-state index in [9.17, 15) is 22.4 Å². The van der Waals surface area contributed by atoms with Gasteiger partial charge in [0.25, 0.3) is 5.91 Å². The Morgan fingerprint density at radius 1 is 1.50 bits per heavy atom. The predicted octanol–water partition coefficient (Wildman–Crippen LogP) is 0.992. The topological polar surface area (TPSA) is 29.5 Å². The second-order valence-electron chi connectivity index (χ2n) is 2.64. The Morgan fingerprint density at radius 3 is 2.36 bits per heavy atom. The summed E-state index contributed by atoms with van der Waals surface area (Å²) in [5, 5.41) is 0. The Kier molecular flexibility index (Phi) is 4.82. The molecule has 0 saturated heterocycles. The van der Waals surface area contributed by atoms with E-state index in [2.05, 4.69) is 4.74 Å². The zero-order chi connectivity index (χ0) is 11.4. The van der Waals surface area contributed by atoms with Crippen molar-refractivity contribution in [3.63, 3.8) is 0 Å². The van der Waals surface area contributed by atoms with E-state index in [0.29, 0.717) is 4.90 Å². The summed E-state index contributed by atoms with van der Waals surface area (Å²) in [6.07, 6.45) is -3.99. The molecule has 14 heavy (non-hydrogen) atoms. The van der Waals surface area contributed by atoms with Gasteiger partial charge in [-0.2, -0.15) is 8.78 Å². The zero-order valence-electron chi connectivity index (χ0n) is 7.77. The number of nitrogens with zero attached hydrogens (tertiary/aromatic N) is 1. The second-order valence-corrected chi connectivity index (χ2v) is 2.64. The van der Waals surface area contributed by atoms with Crippen LogP contribution in [-0.2, 0) is 9.53 Å². The fourth-order valence-electron chi connectivity index (χ4n) is 0.678. The molecule has 0 spiro atoms. The van der Waals surface area contributed by atoms with Crippen LogP contribution in [0.4, 0.5) is 17.6 Å². The lowest BCUT2D eigenvalue weighted by molar-refractivity contribution is -0.179. The maximum Gasteiger partial charge on any atom is 0.383 e. The van der Waals surface area contributed by atoms with Gasteiger partial charge in [0.2, 0.25) is 0 Å². The van der Waals surface area contributed by atoms with E-state index in [0.717, 1.165) is 7.05 Å². The molecule has 1 amide bonds. The monoisotopic (exact) mass is 217 g/mol. The van der Waals surface area contributed by atoms with Gasteiger partial charge in [0.15, 0.2) is 0 Å². The lowest BCUT2D eigenvalue weighted by Crippen LogP contribution is -2.46. The van der Waals surface area contributed by atoms with Crippen LogP contribution < -0.4 is 0 Å². The smallest absolute Gasteiger partial charge is 0.383 e. The van der Waals surface area contributed by atoms with Crippen molar-refractivity contribution in [3.05, 3.63) is 0 Å². The Bertz CT molecular complexity index is 198. The molecule has 0 aliphatic rings. The van der Waals surface area contributed by atoms with Crippen LogP contribution in [0.1, 0.15) is 0 Å². The Labute approximate surface area is 78.6 Å². The van der Waals surface area contributed by atoms with Gasteiger partial charge in [-0.05, 0) is 0 Å². The van der Waals surface area contributed by atoms with Crippen molar-refractivity contribution in [1.29, 1.82) is 0 Å². The molecule has 0 bridgehead atoms. The van der Waals surface area contributed by atoms with Crippen LogP contribution in [0.3, 0.4) is 0 Å². The van der Waals surface area contributed by atoms with Crippen molar-refractivity contribution in [2.45, 2.75) is 12.3 Å². The van der Waals surface area contributed by atoms with Crippen molar-refractivity contribution in [2.75, 3.05) is 27.3 Å². The van der Waals surface area contributed by atoms with Crippen LogP contribution in [0, 0.1) is 0 Å². The molecule has 0 N–H and O–H groups in total. The Balaban J connectivity index is 4.30. The summed E-state index contributed by atoms with van der Waals surface area (Å²) in [5.74, 6) is -6.52. The average Bonchev–Trinajstić information content (AvgIpc) is 2.12. The van der Waals surface area contributed by atoms with Gasteiger partial charge in [-0.3, -0.25) is 4.79 Å². The predicted molar refractivity (Wildman–Crippen MR) is 40.5 cm³/mol. The van der Waals surface area contributed by atoms with Gasteiger partial charge in [-0.25, -0.2) is 8.78 Å². The molecule has 0 aromatic carbocycles. The highest BCUT2D eigenvalue weighted by Gasteiger charge is 2.50. The first kappa shape index (κ1) is 13.2. The second kappa shape index (κ2) is 5.14. The number of carbonyl (C=O) groups is 1. The summed E-state index contributed by atoms with van der Waals surface area (Å²) < 4.78 is 52.8. The molecular formula is C7H11F4NO2. The molecule has 0 aliphatic heterocycles. The van der Waals surface area contributed by atoms with Gasteiger partial charge in [0.1, 0.15) is 0 Å². The van der Waals surface area contributed by atoms with Crippen molar-refractivity contribution in [2.24, 2.45) is 0 Å². The summed E-state index contributed by atoms with van der Waals surface area (Å²) in [6.45, 7) is -0.140. The van der Waals surface area contributed by atoms with E-state index in [1.807, 2.05) is 0 Å². The summed E-state index contributed by atoms with van der Waals surface area (Å²) in [5.41, 5.74) is 0. The first-order valence-electron chi connectivity index (χ1n) is 3.74. The summed E-state index contributed by atoms with van der Waals surface area (Å²) in [4.78, 5) is 11.3. The standard InChI is InChI=1S/C7H11F4NO2/c1-12(3-4-14-2)6(13)7(10,11)5(8)9/h5H,3-4H2,1-2H3. The van der Waals surface area contributed by atoms with Crippen LogP contribution in [-0.4, -0.2) is 50.5 Å². The molecule has 84 valence electrons. The fraction of sp³-hybridized carbons (Fsp3) is 0.857. The van der Waals surface area contributed by atoms with Crippen molar-refractivity contribution in [1.82, 2.24) is 4.90 Å². The molecule has 0 atom stereocenters. The van der Waals surface area contributed by atoms with Gasteiger partial charge < -0.3 is 9.64 Å². The minimum absolute atomic E-state index is 0.0154. The highest BCUT2D eigenvalue weighted by Crippen LogP contribution is 2.24. The zero-order valence-corrected chi connectivity index (χ0v) is 7.77. The Hall–Kier alpha value is -0.850. The van der Waals surface area contributed by atoms with Gasteiger partial charge in [-0.15, -0.1) is 0 Å². The summed E-state index contributed by atoms with van der Waals surface area (Å²) >= 11 is 0. The maximum absolute atomic E-state index is 12.4. The van der Waals surface area contributed by atoms with Gasteiger partial charge in [-0.1, -0.05) is 0 Å². The normalized spacial score (nSPS) is 11.9. The number of likely N-dealkylation sites (N-methyl/N-ethyl adjacent to an activating group) is 1. The first-order chi connectivity index (χ1) is 6.34. The van der Waals surface area contributed by atoms with E-state index < -0.39 is 18.3 Å². The number of hydrogen-bond donors (Lipinski definition) is 0. The van der Waals surface area contributed by atoms with E-state index in [-0.39, 0.29) is 13.2 Å². The van der Waals surface area contributed by atoms with Crippen molar-refractivity contribution >= 4 is 5.91 Å². The number of ether oxygens (including phenoxy) is 1. The molecule has 0 radical (unpaired) electrons. The average molecular weight is 217 g/mol. The number of carbonyl (C=O) groups excluding carboxylic acids is 1. The number of rotatable bonds is 5. The summed E-state index contributed by atoms with van der Waals surface area (Å²) in [7, 11) is 2.32. The molecule has 0 saturated carbocycles. The molecule has 0 aliphatic carbocycles. The number of alkyl halides is 4. The Morgan fingerprint density at radius 2 is 2.00 bits per heavy atom. The molecule has 0 aromatic heterocycles. The van der Waals surface area contributed by atoms with Crippen LogP contribution >= 0.6 is 0 Å². The number of halogens is 4. The quantitative estimate of drug-likeness (QED) is 0.643. The number of amides is 1.